The van der Waals surface area contributed by atoms with Gasteiger partial charge in [-0.25, -0.2) is 0 Å². The fourth-order valence-corrected chi connectivity index (χ4v) is 2.06. The molecule has 0 aromatic heterocycles. The predicted molar refractivity (Wildman–Crippen MR) is 62.0 cm³/mol. The molecule has 1 atom stereocenters. The van der Waals surface area contributed by atoms with Crippen molar-refractivity contribution in [3.05, 3.63) is 0 Å². The summed E-state index contributed by atoms with van der Waals surface area (Å²) in [6, 6.07) is 0. The average Bonchev–Trinajstić information content (AvgIpc) is 2.29. The van der Waals surface area contributed by atoms with E-state index in [0.29, 0.717) is 5.84 Å². The first kappa shape index (κ1) is 12.3. The van der Waals surface area contributed by atoms with Crippen LogP contribution in [0.15, 0.2) is 5.16 Å². The minimum Gasteiger partial charge on any atom is -0.409 e. The highest BCUT2D eigenvalue weighted by molar-refractivity contribution is 5.82. The third kappa shape index (κ3) is 3.70. The molecule has 0 amide bonds. The number of piperidine rings is 1. The molecular formula is C11H23N3O. The van der Waals surface area contributed by atoms with Crippen LogP contribution in [0.25, 0.3) is 0 Å². The molecule has 0 bridgehead atoms. The van der Waals surface area contributed by atoms with Crippen LogP contribution in [0.2, 0.25) is 0 Å². The topological polar surface area (TPSA) is 61.8 Å². The summed E-state index contributed by atoms with van der Waals surface area (Å²) < 4.78 is 0. The Morgan fingerprint density at radius 3 is 2.60 bits per heavy atom. The Balaban J connectivity index is 2.30. The molecule has 0 spiro atoms. The van der Waals surface area contributed by atoms with Crippen molar-refractivity contribution in [2.75, 3.05) is 19.6 Å². The van der Waals surface area contributed by atoms with Gasteiger partial charge in [0, 0.05) is 12.5 Å². The summed E-state index contributed by atoms with van der Waals surface area (Å²) in [6.07, 6.45) is 3.28. The molecule has 1 heterocycles. The third-order valence-electron chi connectivity index (χ3n) is 3.39. The van der Waals surface area contributed by atoms with Crippen LogP contribution in [-0.4, -0.2) is 35.6 Å². The SMILES string of the molecule is CCC(C)CN1CCC(C(N)=NO)CC1. The van der Waals surface area contributed by atoms with Gasteiger partial charge >= 0.3 is 0 Å². The number of amidine groups is 1. The molecule has 1 saturated heterocycles. The summed E-state index contributed by atoms with van der Waals surface area (Å²) in [5.74, 6) is 1.45. The number of hydrogen-bond acceptors (Lipinski definition) is 3. The van der Waals surface area contributed by atoms with Crippen LogP contribution in [0.5, 0.6) is 0 Å². The zero-order valence-corrected chi connectivity index (χ0v) is 9.82. The molecule has 0 saturated carbocycles. The Hall–Kier alpha value is -0.770. The summed E-state index contributed by atoms with van der Waals surface area (Å²) in [5, 5.41) is 11.7. The second-order valence-corrected chi connectivity index (χ2v) is 4.61. The monoisotopic (exact) mass is 213 g/mol. The van der Waals surface area contributed by atoms with Gasteiger partial charge in [0.2, 0.25) is 0 Å². The van der Waals surface area contributed by atoms with Crippen molar-refractivity contribution in [2.24, 2.45) is 22.7 Å². The second kappa shape index (κ2) is 5.95. The smallest absolute Gasteiger partial charge is 0.142 e. The zero-order valence-electron chi connectivity index (χ0n) is 9.82. The van der Waals surface area contributed by atoms with Gasteiger partial charge in [0.15, 0.2) is 0 Å². The van der Waals surface area contributed by atoms with Gasteiger partial charge in [-0.2, -0.15) is 0 Å². The summed E-state index contributed by atoms with van der Waals surface area (Å²) in [7, 11) is 0. The van der Waals surface area contributed by atoms with Gasteiger partial charge in [0.25, 0.3) is 0 Å². The fourth-order valence-electron chi connectivity index (χ4n) is 2.06. The van der Waals surface area contributed by atoms with E-state index < -0.39 is 0 Å². The van der Waals surface area contributed by atoms with Crippen molar-refractivity contribution >= 4 is 5.84 Å². The molecule has 1 aliphatic heterocycles. The first-order valence-electron chi connectivity index (χ1n) is 5.87. The molecule has 0 aromatic rings. The highest BCUT2D eigenvalue weighted by atomic mass is 16.4. The van der Waals surface area contributed by atoms with E-state index in [1.165, 1.54) is 13.0 Å². The fraction of sp³-hybridized carbons (Fsp3) is 0.909. The third-order valence-corrected chi connectivity index (χ3v) is 3.39. The van der Waals surface area contributed by atoms with Crippen molar-refractivity contribution in [3.8, 4) is 0 Å². The molecule has 4 heteroatoms. The van der Waals surface area contributed by atoms with Gasteiger partial charge in [-0.1, -0.05) is 25.4 Å². The zero-order chi connectivity index (χ0) is 11.3. The van der Waals surface area contributed by atoms with Crippen molar-refractivity contribution < 1.29 is 5.21 Å². The lowest BCUT2D eigenvalue weighted by Gasteiger charge is -2.32. The summed E-state index contributed by atoms with van der Waals surface area (Å²) >= 11 is 0. The minimum absolute atomic E-state index is 0.281. The van der Waals surface area contributed by atoms with E-state index in [4.69, 9.17) is 10.9 Å². The molecule has 1 fully saturated rings. The average molecular weight is 213 g/mol. The largest absolute Gasteiger partial charge is 0.409 e. The van der Waals surface area contributed by atoms with E-state index in [0.717, 1.165) is 31.8 Å². The Kier molecular flexibility index (Phi) is 4.88. The van der Waals surface area contributed by atoms with Gasteiger partial charge in [-0.05, 0) is 31.8 Å². The van der Waals surface area contributed by atoms with Crippen LogP contribution in [0.1, 0.15) is 33.1 Å². The number of nitrogens with zero attached hydrogens (tertiary/aromatic N) is 2. The summed E-state index contributed by atoms with van der Waals surface area (Å²) in [4.78, 5) is 2.48. The summed E-state index contributed by atoms with van der Waals surface area (Å²) in [5.41, 5.74) is 5.60. The minimum atomic E-state index is 0.281. The van der Waals surface area contributed by atoms with Crippen molar-refractivity contribution in [3.63, 3.8) is 0 Å². The van der Waals surface area contributed by atoms with E-state index in [-0.39, 0.29) is 5.92 Å². The number of hydrogen-bond donors (Lipinski definition) is 2. The van der Waals surface area contributed by atoms with Crippen molar-refractivity contribution in [1.29, 1.82) is 0 Å². The van der Waals surface area contributed by atoms with E-state index in [1.54, 1.807) is 0 Å². The number of nitrogens with two attached hydrogens (primary N) is 1. The van der Waals surface area contributed by atoms with Gasteiger partial charge in [0.1, 0.15) is 5.84 Å². The quantitative estimate of drug-likeness (QED) is 0.322. The molecule has 1 unspecified atom stereocenters. The molecule has 4 nitrogen and oxygen atoms in total. The normalized spacial score (nSPS) is 22.9. The van der Waals surface area contributed by atoms with Crippen LogP contribution in [0.3, 0.4) is 0 Å². The maximum atomic E-state index is 8.59. The lowest BCUT2D eigenvalue weighted by atomic mass is 9.95. The van der Waals surface area contributed by atoms with Crippen molar-refractivity contribution in [1.82, 2.24) is 4.90 Å². The molecule has 0 aliphatic carbocycles. The highest BCUT2D eigenvalue weighted by Crippen LogP contribution is 2.18. The first-order valence-corrected chi connectivity index (χ1v) is 5.87. The van der Waals surface area contributed by atoms with Crippen LogP contribution in [0.4, 0.5) is 0 Å². The highest BCUT2D eigenvalue weighted by Gasteiger charge is 2.22. The van der Waals surface area contributed by atoms with Crippen molar-refractivity contribution in [2.45, 2.75) is 33.1 Å². The standard InChI is InChI=1S/C11H23N3O/c1-3-9(2)8-14-6-4-10(5-7-14)11(12)13-15/h9-10,15H,3-8H2,1-2H3,(H2,12,13). The van der Waals surface area contributed by atoms with Gasteiger partial charge in [-0.15, -0.1) is 0 Å². The van der Waals surface area contributed by atoms with Gasteiger partial charge in [0.05, 0.1) is 0 Å². The molecule has 0 aromatic carbocycles. The van der Waals surface area contributed by atoms with E-state index in [2.05, 4.69) is 23.9 Å². The molecule has 88 valence electrons. The van der Waals surface area contributed by atoms with Crippen LogP contribution < -0.4 is 5.73 Å². The van der Waals surface area contributed by atoms with E-state index >= 15 is 0 Å². The molecular weight excluding hydrogens is 190 g/mol. The summed E-state index contributed by atoms with van der Waals surface area (Å²) in [6.45, 7) is 7.85. The maximum absolute atomic E-state index is 8.59. The molecule has 0 radical (unpaired) electrons. The molecule has 1 rings (SSSR count). The number of oxime groups is 1. The maximum Gasteiger partial charge on any atom is 0.142 e. The van der Waals surface area contributed by atoms with Crippen LogP contribution >= 0.6 is 0 Å². The number of likely N-dealkylation sites (tertiary alicyclic amines) is 1. The van der Waals surface area contributed by atoms with E-state index in [9.17, 15) is 0 Å². The Morgan fingerprint density at radius 2 is 2.13 bits per heavy atom. The molecule has 3 N–H and O–H groups in total. The van der Waals surface area contributed by atoms with Gasteiger partial charge in [-0.3, -0.25) is 0 Å². The Bertz CT molecular complexity index is 210. The van der Waals surface area contributed by atoms with Crippen LogP contribution in [-0.2, 0) is 0 Å². The Morgan fingerprint density at radius 1 is 1.53 bits per heavy atom. The van der Waals surface area contributed by atoms with Crippen LogP contribution in [0, 0.1) is 11.8 Å². The first-order chi connectivity index (χ1) is 7.17. The Labute approximate surface area is 92.1 Å². The van der Waals surface area contributed by atoms with Gasteiger partial charge < -0.3 is 15.8 Å². The lowest BCUT2D eigenvalue weighted by molar-refractivity contribution is 0.181. The number of rotatable bonds is 4. The lowest BCUT2D eigenvalue weighted by Crippen LogP contribution is -2.40. The molecule has 1 aliphatic rings. The molecule has 15 heavy (non-hydrogen) atoms. The predicted octanol–water partition coefficient (Wildman–Crippen LogP) is 1.49. The second-order valence-electron chi connectivity index (χ2n) is 4.61. The van der Waals surface area contributed by atoms with E-state index in [1.807, 2.05) is 0 Å².